The normalized spacial score (nSPS) is 12.5. The molecule has 1 aromatic carbocycles. The van der Waals surface area contributed by atoms with Crippen molar-refractivity contribution in [3.63, 3.8) is 0 Å². The van der Waals surface area contributed by atoms with Crippen LogP contribution in [-0.4, -0.2) is 4.92 Å². The Kier molecular flexibility index (Phi) is 3.23. The maximum atomic E-state index is 10.7. The predicted octanol–water partition coefficient (Wildman–Crippen LogP) is 3.42. The summed E-state index contributed by atoms with van der Waals surface area (Å²) < 4.78 is 0. The molecule has 0 aliphatic heterocycles. The van der Waals surface area contributed by atoms with Gasteiger partial charge in [-0.15, -0.1) is 0 Å². The van der Waals surface area contributed by atoms with Crippen LogP contribution < -0.4 is 0 Å². The minimum absolute atomic E-state index is 0.225. The smallest absolute Gasteiger partial charge is 0.258 e. The van der Waals surface area contributed by atoms with Crippen LogP contribution in [0, 0.1) is 17.0 Å². The summed E-state index contributed by atoms with van der Waals surface area (Å²) in [4.78, 5) is 10.4. The van der Waals surface area contributed by atoms with Gasteiger partial charge in [0.25, 0.3) is 5.69 Å². The lowest BCUT2D eigenvalue weighted by atomic mass is 9.97. The van der Waals surface area contributed by atoms with Crippen molar-refractivity contribution in [2.24, 2.45) is 0 Å². The van der Waals surface area contributed by atoms with E-state index in [1.165, 1.54) is 0 Å². The van der Waals surface area contributed by atoms with Crippen LogP contribution in [0.2, 0.25) is 0 Å². The Balaban J connectivity index is 3.12. The molecule has 1 atom stereocenters. The van der Waals surface area contributed by atoms with Crippen molar-refractivity contribution in [3.8, 4) is 0 Å². The first-order valence-electron chi connectivity index (χ1n) is 4.81. The standard InChI is InChI=1S/C11H15NO2/c1-4-8(2)10-6-5-9(3)11(7-10)12(13)14/h5-8H,4H2,1-3H3. The number of nitro groups is 1. The number of benzene rings is 1. The molecular weight excluding hydrogens is 178 g/mol. The highest BCUT2D eigenvalue weighted by Gasteiger charge is 2.13. The van der Waals surface area contributed by atoms with E-state index in [0.29, 0.717) is 5.92 Å². The highest BCUT2D eigenvalue weighted by Crippen LogP contribution is 2.25. The average molecular weight is 193 g/mol. The fraction of sp³-hybridized carbons (Fsp3) is 0.455. The highest BCUT2D eigenvalue weighted by molar-refractivity contribution is 5.43. The number of nitrogens with zero attached hydrogens (tertiary/aromatic N) is 1. The number of nitro benzene ring substituents is 1. The van der Waals surface area contributed by atoms with E-state index in [2.05, 4.69) is 13.8 Å². The molecule has 0 bridgehead atoms. The third kappa shape index (κ3) is 2.10. The number of hydrogen-bond acceptors (Lipinski definition) is 2. The van der Waals surface area contributed by atoms with Crippen molar-refractivity contribution in [1.82, 2.24) is 0 Å². The molecule has 0 saturated heterocycles. The van der Waals surface area contributed by atoms with Gasteiger partial charge in [0, 0.05) is 11.6 Å². The summed E-state index contributed by atoms with van der Waals surface area (Å²) >= 11 is 0. The van der Waals surface area contributed by atoms with E-state index < -0.39 is 0 Å². The summed E-state index contributed by atoms with van der Waals surface area (Å²) in [6.07, 6.45) is 1.00. The van der Waals surface area contributed by atoms with Gasteiger partial charge in [0.2, 0.25) is 0 Å². The number of aryl methyl sites for hydroxylation is 1. The molecule has 0 radical (unpaired) electrons. The van der Waals surface area contributed by atoms with Crippen LogP contribution >= 0.6 is 0 Å². The number of rotatable bonds is 3. The van der Waals surface area contributed by atoms with E-state index in [1.807, 2.05) is 12.1 Å². The fourth-order valence-corrected chi connectivity index (χ4v) is 1.37. The Morgan fingerprint density at radius 3 is 2.64 bits per heavy atom. The van der Waals surface area contributed by atoms with Gasteiger partial charge < -0.3 is 0 Å². The van der Waals surface area contributed by atoms with Crippen LogP contribution in [0.3, 0.4) is 0 Å². The largest absolute Gasteiger partial charge is 0.272 e. The molecule has 0 N–H and O–H groups in total. The van der Waals surface area contributed by atoms with E-state index in [-0.39, 0.29) is 10.6 Å². The summed E-state index contributed by atoms with van der Waals surface area (Å²) in [5.74, 6) is 0.384. The predicted molar refractivity (Wildman–Crippen MR) is 56.5 cm³/mol. The van der Waals surface area contributed by atoms with E-state index in [9.17, 15) is 10.1 Å². The van der Waals surface area contributed by atoms with Crippen molar-refractivity contribution in [2.75, 3.05) is 0 Å². The molecule has 0 spiro atoms. The van der Waals surface area contributed by atoms with E-state index in [4.69, 9.17) is 0 Å². The van der Waals surface area contributed by atoms with Crippen LogP contribution in [0.1, 0.15) is 37.3 Å². The minimum Gasteiger partial charge on any atom is -0.258 e. The van der Waals surface area contributed by atoms with Gasteiger partial charge >= 0.3 is 0 Å². The van der Waals surface area contributed by atoms with Crippen molar-refractivity contribution >= 4 is 5.69 Å². The van der Waals surface area contributed by atoms with E-state index in [0.717, 1.165) is 17.5 Å². The summed E-state index contributed by atoms with van der Waals surface area (Å²) in [6, 6.07) is 5.47. The first-order valence-corrected chi connectivity index (χ1v) is 4.81. The van der Waals surface area contributed by atoms with Crippen LogP contribution in [-0.2, 0) is 0 Å². The Bertz CT molecular complexity index is 347. The summed E-state index contributed by atoms with van der Waals surface area (Å²) in [7, 11) is 0. The van der Waals surface area contributed by atoms with Gasteiger partial charge in [-0.1, -0.05) is 26.0 Å². The zero-order chi connectivity index (χ0) is 10.7. The highest BCUT2D eigenvalue weighted by atomic mass is 16.6. The fourth-order valence-electron chi connectivity index (χ4n) is 1.37. The molecular formula is C11H15NO2. The van der Waals surface area contributed by atoms with Gasteiger partial charge in [-0.05, 0) is 24.8 Å². The molecule has 0 amide bonds. The topological polar surface area (TPSA) is 43.1 Å². The van der Waals surface area contributed by atoms with Gasteiger partial charge in [0.1, 0.15) is 0 Å². The molecule has 0 heterocycles. The maximum Gasteiger partial charge on any atom is 0.272 e. The Morgan fingerprint density at radius 1 is 1.50 bits per heavy atom. The first kappa shape index (κ1) is 10.7. The lowest BCUT2D eigenvalue weighted by Crippen LogP contribution is -1.96. The van der Waals surface area contributed by atoms with Crippen molar-refractivity contribution in [1.29, 1.82) is 0 Å². The second-order valence-electron chi connectivity index (χ2n) is 3.61. The van der Waals surface area contributed by atoms with Crippen LogP contribution in [0.5, 0.6) is 0 Å². The van der Waals surface area contributed by atoms with Crippen LogP contribution in [0.15, 0.2) is 18.2 Å². The molecule has 1 unspecified atom stereocenters. The molecule has 0 fully saturated rings. The van der Waals surface area contributed by atoms with Gasteiger partial charge in [0.15, 0.2) is 0 Å². The van der Waals surface area contributed by atoms with E-state index in [1.54, 1.807) is 13.0 Å². The molecule has 1 rings (SSSR count). The minimum atomic E-state index is -0.318. The van der Waals surface area contributed by atoms with Crippen LogP contribution in [0.25, 0.3) is 0 Å². The van der Waals surface area contributed by atoms with Crippen molar-refractivity contribution < 1.29 is 4.92 Å². The second kappa shape index (κ2) is 4.22. The van der Waals surface area contributed by atoms with Crippen LogP contribution in [0.4, 0.5) is 5.69 Å². The Labute approximate surface area is 83.9 Å². The molecule has 76 valence electrons. The van der Waals surface area contributed by atoms with Gasteiger partial charge in [0.05, 0.1) is 4.92 Å². The molecule has 0 aliphatic rings. The zero-order valence-corrected chi connectivity index (χ0v) is 8.78. The maximum absolute atomic E-state index is 10.7. The summed E-state index contributed by atoms with van der Waals surface area (Å²) in [5.41, 5.74) is 2.00. The molecule has 3 heteroatoms. The zero-order valence-electron chi connectivity index (χ0n) is 8.78. The second-order valence-corrected chi connectivity index (χ2v) is 3.61. The first-order chi connectivity index (χ1) is 6.56. The molecule has 0 saturated carbocycles. The SMILES string of the molecule is CCC(C)c1ccc(C)c([N+](=O)[O-])c1. The lowest BCUT2D eigenvalue weighted by molar-refractivity contribution is -0.385. The Morgan fingerprint density at radius 2 is 2.14 bits per heavy atom. The van der Waals surface area contributed by atoms with Gasteiger partial charge in [-0.2, -0.15) is 0 Å². The summed E-state index contributed by atoms with van der Waals surface area (Å²) in [6.45, 7) is 5.92. The third-order valence-corrected chi connectivity index (χ3v) is 2.61. The third-order valence-electron chi connectivity index (χ3n) is 2.61. The quantitative estimate of drug-likeness (QED) is 0.545. The monoisotopic (exact) mass is 193 g/mol. The molecule has 3 nitrogen and oxygen atoms in total. The molecule has 0 aliphatic carbocycles. The van der Waals surface area contributed by atoms with Crippen molar-refractivity contribution in [3.05, 3.63) is 39.4 Å². The molecule has 0 aromatic heterocycles. The van der Waals surface area contributed by atoms with E-state index >= 15 is 0 Å². The molecule has 14 heavy (non-hydrogen) atoms. The average Bonchev–Trinajstić information content (AvgIpc) is 2.17. The van der Waals surface area contributed by atoms with Gasteiger partial charge in [-0.3, -0.25) is 10.1 Å². The summed E-state index contributed by atoms with van der Waals surface area (Å²) in [5, 5.41) is 10.7. The Hall–Kier alpha value is -1.38. The van der Waals surface area contributed by atoms with Gasteiger partial charge in [-0.25, -0.2) is 0 Å². The molecule has 1 aromatic rings. The van der Waals surface area contributed by atoms with Crippen molar-refractivity contribution in [2.45, 2.75) is 33.1 Å². The number of hydrogen-bond donors (Lipinski definition) is 0. The lowest BCUT2D eigenvalue weighted by Gasteiger charge is -2.08.